The summed E-state index contributed by atoms with van der Waals surface area (Å²) in [4.78, 5) is 4.14. The Hall–Kier alpha value is -1.71. The fourth-order valence-electron chi connectivity index (χ4n) is 2.52. The molecule has 19 heavy (non-hydrogen) atoms. The fourth-order valence-corrected chi connectivity index (χ4v) is 2.52. The van der Waals surface area contributed by atoms with Gasteiger partial charge in [-0.2, -0.15) is 0 Å². The summed E-state index contributed by atoms with van der Waals surface area (Å²) in [6, 6.07) is 14.9. The zero-order chi connectivity index (χ0) is 12.9. The van der Waals surface area contributed by atoms with Crippen molar-refractivity contribution >= 4 is 0 Å². The van der Waals surface area contributed by atoms with Gasteiger partial charge >= 0.3 is 0 Å². The summed E-state index contributed by atoms with van der Waals surface area (Å²) >= 11 is 0. The van der Waals surface area contributed by atoms with E-state index in [4.69, 9.17) is 4.74 Å². The Balaban J connectivity index is 1.64. The second-order valence-electron chi connectivity index (χ2n) is 4.84. The topological polar surface area (TPSA) is 34.1 Å². The number of benzene rings is 1. The quantitative estimate of drug-likeness (QED) is 0.911. The molecule has 0 aliphatic carbocycles. The van der Waals surface area contributed by atoms with Crippen molar-refractivity contribution in [2.75, 3.05) is 6.61 Å². The Labute approximate surface area is 113 Å². The maximum absolute atomic E-state index is 5.86. The van der Waals surface area contributed by atoms with Crippen molar-refractivity contribution < 1.29 is 4.74 Å². The highest BCUT2D eigenvalue weighted by Crippen LogP contribution is 2.29. The molecule has 0 bridgehead atoms. The number of nitrogens with zero attached hydrogens (tertiary/aromatic N) is 1. The van der Waals surface area contributed by atoms with E-state index in [1.165, 1.54) is 11.1 Å². The number of pyridine rings is 1. The Morgan fingerprint density at radius 2 is 2.05 bits per heavy atom. The lowest BCUT2D eigenvalue weighted by Crippen LogP contribution is -2.31. The first kappa shape index (κ1) is 12.3. The molecule has 0 saturated carbocycles. The van der Waals surface area contributed by atoms with E-state index in [-0.39, 0.29) is 6.10 Å². The van der Waals surface area contributed by atoms with Gasteiger partial charge in [0.15, 0.2) is 0 Å². The number of hydrogen-bond acceptors (Lipinski definition) is 3. The van der Waals surface area contributed by atoms with E-state index in [9.17, 15) is 0 Å². The van der Waals surface area contributed by atoms with E-state index >= 15 is 0 Å². The minimum Gasteiger partial charge on any atom is -0.372 e. The third kappa shape index (κ3) is 3.00. The van der Waals surface area contributed by atoms with Gasteiger partial charge < -0.3 is 10.1 Å². The lowest BCUT2D eigenvalue weighted by Gasteiger charge is -2.20. The summed E-state index contributed by atoms with van der Waals surface area (Å²) < 4.78 is 5.86. The van der Waals surface area contributed by atoms with Gasteiger partial charge in [0.2, 0.25) is 0 Å². The van der Waals surface area contributed by atoms with Crippen LogP contribution < -0.4 is 5.32 Å². The van der Waals surface area contributed by atoms with Crippen molar-refractivity contribution in [3.8, 4) is 0 Å². The first-order valence-electron chi connectivity index (χ1n) is 6.72. The van der Waals surface area contributed by atoms with Gasteiger partial charge in [0.25, 0.3) is 0 Å². The molecule has 2 aromatic rings. The molecule has 1 aromatic carbocycles. The number of ether oxygens (including phenoxy) is 1. The van der Waals surface area contributed by atoms with Crippen LogP contribution in [0.1, 0.15) is 23.7 Å². The monoisotopic (exact) mass is 254 g/mol. The molecule has 2 atom stereocenters. The van der Waals surface area contributed by atoms with Crippen LogP contribution >= 0.6 is 0 Å². The number of nitrogens with one attached hydrogen (secondary N) is 1. The van der Waals surface area contributed by atoms with Gasteiger partial charge in [0.1, 0.15) is 0 Å². The van der Waals surface area contributed by atoms with E-state index < -0.39 is 0 Å². The Morgan fingerprint density at radius 3 is 2.84 bits per heavy atom. The summed E-state index contributed by atoms with van der Waals surface area (Å²) in [7, 11) is 0. The molecule has 1 saturated heterocycles. The van der Waals surface area contributed by atoms with Crippen LogP contribution in [0.4, 0.5) is 0 Å². The van der Waals surface area contributed by atoms with Crippen LogP contribution in [-0.2, 0) is 11.3 Å². The van der Waals surface area contributed by atoms with Crippen molar-refractivity contribution in [3.05, 3.63) is 66.0 Å². The first-order valence-corrected chi connectivity index (χ1v) is 6.72. The molecule has 0 amide bonds. The Kier molecular flexibility index (Phi) is 3.86. The van der Waals surface area contributed by atoms with Crippen LogP contribution in [0.3, 0.4) is 0 Å². The number of aromatic nitrogens is 1. The maximum atomic E-state index is 5.86. The highest BCUT2D eigenvalue weighted by atomic mass is 16.5. The molecular formula is C16H18N2O. The van der Waals surface area contributed by atoms with Gasteiger partial charge in [-0.05, 0) is 23.6 Å². The van der Waals surface area contributed by atoms with Gasteiger partial charge in [-0.1, -0.05) is 36.4 Å². The van der Waals surface area contributed by atoms with Crippen molar-refractivity contribution in [2.45, 2.75) is 25.1 Å². The summed E-state index contributed by atoms with van der Waals surface area (Å²) in [5.41, 5.74) is 2.46. The van der Waals surface area contributed by atoms with Crippen LogP contribution in [0.5, 0.6) is 0 Å². The zero-order valence-electron chi connectivity index (χ0n) is 10.8. The molecule has 1 aliphatic rings. The second-order valence-corrected chi connectivity index (χ2v) is 4.84. The van der Waals surface area contributed by atoms with Gasteiger partial charge in [-0.25, -0.2) is 0 Å². The first-order chi connectivity index (χ1) is 9.43. The lowest BCUT2D eigenvalue weighted by molar-refractivity contribution is 0.0985. The average molecular weight is 254 g/mol. The van der Waals surface area contributed by atoms with E-state index in [0.29, 0.717) is 6.04 Å². The second kappa shape index (κ2) is 5.95. The normalized spacial score (nSPS) is 22.5. The van der Waals surface area contributed by atoms with Gasteiger partial charge in [0, 0.05) is 31.6 Å². The molecule has 3 nitrogen and oxygen atoms in total. The molecule has 1 N–H and O–H groups in total. The van der Waals surface area contributed by atoms with Gasteiger partial charge in [-0.15, -0.1) is 0 Å². The van der Waals surface area contributed by atoms with Crippen molar-refractivity contribution in [3.63, 3.8) is 0 Å². The van der Waals surface area contributed by atoms with E-state index in [0.717, 1.165) is 19.6 Å². The Morgan fingerprint density at radius 1 is 1.16 bits per heavy atom. The highest BCUT2D eigenvalue weighted by molar-refractivity contribution is 5.20. The number of hydrogen-bond donors (Lipinski definition) is 1. The maximum Gasteiger partial charge on any atom is 0.0978 e. The fraction of sp³-hybridized carbons (Fsp3) is 0.312. The summed E-state index contributed by atoms with van der Waals surface area (Å²) in [6.45, 7) is 1.66. The minimum absolute atomic E-state index is 0.165. The van der Waals surface area contributed by atoms with Gasteiger partial charge in [-0.3, -0.25) is 4.98 Å². The zero-order valence-corrected chi connectivity index (χ0v) is 10.8. The number of rotatable bonds is 4. The molecule has 98 valence electrons. The summed E-state index contributed by atoms with van der Waals surface area (Å²) in [5.74, 6) is 0. The third-order valence-electron chi connectivity index (χ3n) is 3.51. The standard InChI is InChI=1S/C16H18N2O/c1-2-6-14(7-3-1)16-15(8-10-19-16)18-12-13-5-4-9-17-11-13/h1-7,9,11,15-16,18H,8,10,12H2/t15-,16+/m1/s1. The van der Waals surface area contributed by atoms with E-state index in [2.05, 4.69) is 40.6 Å². The Bertz CT molecular complexity index is 501. The average Bonchev–Trinajstić information content (AvgIpc) is 2.95. The molecule has 2 heterocycles. The summed E-state index contributed by atoms with van der Waals surface area (Å²) in [6.07, 6.45) is 4.92. The third-order valence-corrected chi connectivity index (χ3v) is 3.51. The predicted molar refractivity (Wildman–Crippen MR) is 74.6 cm³/mol. The van der Waals surface area contributed by atoms with Crippen LogP contribution in [0, 0.1) is 0 Å². The largest absolute Gasteiger partial charge is 0.372 e. The molecule has 3 heteroatoms. The predicted octanol–water partition coefficient (Wildman–Crippen LogP) is 2.70. The van der Waals surface area contributed by atoms with Crippen LogP contribution in [0.25, 0.3) is 0 Å². The molecule has 0 spiro atoms. The molecule has 1 aromatic heterocycles. The summed E-state index contributed by atoms with van der Waals surface area (Å²) in [5, 5.41) is 3.58. The van der Waals surface area contributed by atoms with E-state index in [1.54, 1.807) is 6.20 Å². The van der Waals surface area contributed by atoms with E-state index in [1.807, 2.05) is 18.3 Å². The molecule has 0 unspecified atom stereocenters. The van der Waals surface area contributed by atoms with Gasteiger partial charge in [0.05, 0.1) is 6.10 Å². The molecule has 1 aliphatic heterocycles. The van der Waals surface area contributed by atoms with Crippen molar-refractivity contribution in [1.29, 1.82) is 0 Å². The lowest BCUT2D eigenvalue weighted by atomic mass is 10.0. The minimum atomic E-state index is 0.165. The van der Waals surface area contributed by atoms with Crippen molar-refractivity contribution in [1.82, 2.24) is 10.3 Å². The SMILES string of the molecule is c1ccc([C@@H]2OCC[C@H]2NCc2cccnc2)cc1. The smallest absolute Gasteiger partial charge is 0.0978 e. The molecule has 3 rings (SSSR count). The van der Waals surface area contributed by atoms with Crippen LogP contribution in [0.15, 0.2) is 54.9 Å². The van der Waals surface area contributed by atoms with Crippen molar-refractivity contribution in [2.24, 2.45) is 0 Å². The van der Waals surface area contributed by atoms with Crippen LogP contribution in [0.2, 0.25) is 0 Å². The van der Waals surface area contributed by atoms with Crippen LogP contribution in [-0.4, -0.2) is 17.6 Å². The highest BCUT2D eigenvalue weighted by Gasteiger charge is 2.28. The molecule has 1 fully saturated rings. The molecular weight excluding hydrogens is 236 g/mol. The molecule has 0 radical (unpaired) electrons.